The van der Waals surface area contributed by atoms with E-state index in [0.29, 0.717) is 24.6 Å². The van der Waals surface area contributed by atoms with Gasteiger partial charge in [-0.15, -0.1) is 0 Å². The van der Waals surface area contributed by atoms with Gasteiger partial charge in [0.1, 0.15) is 0 Å². The SMILES string of the molecule is CCOP(=O)(OCC)c1cccc2[nH]cc(CCN(C)C(C)C)c12. The quantitative estimate of drug-likeness (QED) is 0.695. The first-order valence-corrected chi connectivity index (χ1v) is 10.2. The zero-order valence-corrected chi connectivity index (χ0v) is 16.2. The number of H-pyrrole nitrogens is 1. The van der Waals surface area contributed by atoms with Gasteiger partial charge in [0.05, 0.1) is 18.5 Å². The van der Waals surface area contributed by atoms with E-state index in [1.54, 1.807) is 0 Å². The van der Waals surface area contributed by atoms with E-state index in [4.69, 9.17) is 9.05 Å². The lowest BCUT2D eigenvalue weighted by molar-refractivity contribution is 0.230. The summed E-state index contributed by atoms with van der Waals surface area (Å²) >= 11 is 0. The minimum Gasteiger partial charge on any atom is -0.361 e. The number of aromatic amines is 1. The minimum atomic E-state index is -3.31. The average molecular weight is 352 g/mol. The molecule has 0 aliphatic rings. The Morgan fingerprint density at radius 3 is 2.46 bits per heavy atom. The molecule has 0 unspecified atom stereocenters. The van der Waals surface area contributed by atoms with Crippen LogP contribution in [0.3, 0.4) is 0 Å². The number of hydrogen-bond donors (Lipinski definition) is 1. The highest BCUT2D eigenvalue weighted by Crippen LogP contribution is 2.48. The lowest BCUT2D eigenvalue weighted by atomic mass is 10.1. The minimum absolute atomic E-state index is 0.351. The maximum atomic E-state index is 13.3. The van der Waals surface area contributed by atoms with Crippen molar-refractivity contribution in [3.05, 3.63) is 30.0 Å². The molecule has 0 aliphatic carbocycles. The number of nitrogens with zero attached hydrogens (tertiary/aromatic N) is 1. The van der Waals surface area contributed by atoms with E-state index >= 15 is 0 Å². The summed E-state index contributed by atoms with van der Waals surface area (Å²) in [5.74, 6) is 0. The maximum Gasteiger partial charge on any atom is 0.362 e. The van der Waals surface area contributed by atoms with Gasteiger partial charge in [0.2, 0.25) is 0 Å². The Bertz CT molecular complexity index is 701. The van der Waals surface area contributed by atoms with E-state index in [0.717, 1.165) is 29.4 Å². The Labute approximate surface area is 144 Å². The van der Waals surface area contributed by atoms with Gasteiger partial charge in [-0.25, -0.2) is 0 Å². The highest BCUT2D eigenvalue weighted by atomic mass is 31.2. The molecule has 0 atom stereocenters. The molecule has 6 heteroatoms. The number of rotatable bonds is 9. The molecule has 1 heterocycles. The smallest absolute Gasteiger partial charge is 0.361 e. The fraction of sp³-hybridized carbons (Fsp3) is 0.556. The molecule has 2 rings (SSSR count). The fourth-order valence-corrected chi connectivity index (χ4v) is 4.57. The molecule has 1 N–H and O–H groups in total. The number of aromatic nitrogens is 1. The third kappa shape index (κ3) is 4.09. The molecule has 0 saturated carbocycles. The Balaban J connectivity index is 2.43. The van der Waals surface area contributed by atoms with Crippen LogP contribution >= 0.6 is 7.60 Å². The van der Waals surface area contributed by atoms with Crippen LogP contribution in [0.5, 0.6) is 0 Å². The van der Waals surface area contributed by atoms with Crippen LogP contribution in [-0.4, -0.2) is 42.7 Å². The zero-order chi connectivity index (χ0) is 17.7. The largest absolute Gasteiger partial charge is 0.362 e. The predicted octanol–water partition coefficient (Wildman–Crippen LogP) is 3.94. The van der Waals surface area contributed by atoms with Gasteiger partial charge in [-0.1, -0.05) is 6.07 Å². The van der Waals surface area contributed by atoms with Crippen LogP contribution in [-0.2, 0) is 20.0 Å². The predicted molar refractivity (Wildman–Crippen MR) is 100 cm³/mol. The summed E-state index contributed by atoms with van der Waals surface area (Å²) in [6, 6.07) is 6.24. The van der Waals surface area contributed by atoms with E-state index in [9.17, 15) is 4.57 Å². The van der Waals surface area contributed by atoms with Crippen molar-refractivity contribution in [3.8, 4) is 0 Å². The molecule has 5 nitrogen and oxygen atoms in total. The maximum absolute atomic E-state index is 13.3. The Morgan fingerprint density at radius 1 is 1.21 bits per heavy atom. The molecular weight excluding hydrogens is 323 g/mol. The van der Waals surface area contributed by atoms with Gasteiger partial charge in [-0.3, -0.25) is 4.57 Å². The van der Waals surface area contributed by atoms with Gasteiger partial charge in [0.15, 0.2) is 0 Å². The van der Waals surface area contributed by atoms with Gasteiger partial charge in [-0.05, 0) is 58.9 Å². The molecule has 1 aromatic heterocycles. The highest BCUT2D eigenvalue weighted by molar-refractivity contribution is 7.62. The molecular formula is C18H29N2O3P. The summed E-state index contributed by atoms with van der Waals surface area (Å²) in [6.07, 6.45) is 2.88. The van der Waals surface area contributed by atoms with Crippen molar-refractivity contribution < 1.29 is 13.6 Å². The van der Waals surface area contributed by atoms with Crippen molar-refractivity contribution in [2.24, 2.45) is 0 Å². The lowest BCUT2D eigenvalue weighted by Gasteiger charge is -2.21. The Morgan fingerprint density at radius 2 is 1.88 bits per heavy atom. The van der Waals surface area contributed by atoms with Crippen LogP contribution in [0.2, 0.25) is 0 Å². The first-order valence-electron chi connectivity index (χ1n) is 8.61. The van der Waals surface area contributed by atoms with Crippen LogP contribution in [0.1, 0.15) is 33.3 Å². The molecule has 134 valence electrons. The van der Waals surface area contributed by atoms with Crippen molar-refractivity contribution in [2.45, 2.75) is 40.2 Å². The topological polar surface area (TPSA) is 54.6 Å². The van der Waals surface area contributed by atoms with E-state index < -0.39 is 7.60 Å². The molecule has 0 fully saturated rings. The Kier molecular flexibility index (Phi) is 6.64. The van der Waals surface area contributed by atoms with Gasteiger partial charge in [0, 0.05) is 29.7 Å². The lowest BCUT2D eigenvalue weighted by Crippen LogP contribution is -2.28. The van der Waals surface area contributed by atoms with Gasteiger partial charge in [-0.2, -0.15) is 0 Å². The number of fused-ring (bicyclic) bond motifs is 1. The van der Waals surface area contributed by atoms with Gasteiger partial charge < -0.3 is 18.9 Å². The summed E-state index contributed by atoms with van der Waals surface area (Å²) in [5.41, 5.74) is 2.11. The second kappa shape index (κ2) is 8.30. The number of hydrogen-bond acceptors (Lipinski definition) is 4. The molecule has 0 amide bonds. The second-order valence-electron chi connectivity index (χ2n) is 6.17. The van der Waals surface area contributed by atoms with Crippen LogP contribution in [0, 0.1) is 0 Å². The monoisotopic (exact) mass is 352 g/mol. The van der Waals surface area contributed by atoms with Gasteiger partial charge in [0.25, 0.3) is 0 Å². The molecule has 0 bridgehead atoms. The van der Waals surface area contributed by atoms with Crippen molar-refractivity contribution in [1.29, 1.82) is 0 Å². The number of likely N-dealkylation sites (N-methyl/N-ethyl adjacent to an activating group) is 1. The Hall–Kier alpha value is -1.13. The highest BCUT2D eigenvalue weighted by Gasteiger charge is 2.30. The summed E-state index contributed by atoms with van der Waals surface area (Å²) in [5, 5.41) is 1.63. The van der Waals surface area contributed by atoms with E-state index in [2.05, 4.69) is 30.8 Å². The van der Waals surface area contributed by atoms with E-state index in [1.807, 2.05) is 38.2 Å². The van der Waals surface area contributed by atoms with Crippen molar-refractivity contribution in [1.82, 2.24) is 9.88 Å². The average Bonchev–Trinajstić information content (AvgIpc) is 2.96. The molecule has 2 aromatic rings. The van der Waals surface area contributed by atoms with Gasteiger partial charge >= 0.3 is 7.60 Å². The first-order chi connectivity index (χ1) is 11.4. The van der Waals surface area contributed by atoms with Crippen molar-refractivity contribution in [3.63, 3.8) is 0 Å². The fourth-order valence-electron chi connectivity index (χ4n) is 2.73. The summed E-state index contributed by atoms with van der Waals surface area (Å²) in [4.78, 5) is 5.58. The van der Waals surface area contributed by atoms with E-state index in [1.165, 1.54) is 0 Å². The van der Waals surface area contributed by atoms with Crippen LogP contribution in [0.25, 0.3) is 10.9 Å². The normalized spacial score (nSPS) is 12.6. The summed E-state index contributed by atoms with van der Waals surface area (Å²) in [7, 11) is -1.19. The van der Waals surface area contributed by atoms with Crippen LogP contribution in [0.15, 0.2) is 24.4 Å². The molecule has 0 spiro atoms. The zero-order valence-electron chi connectivity index (χ0n) is 15.3. The molecule has 0 saturated heterocycles. The third-order valence-corrected chi connectivity index (χ3v) is 6.43. The first kappa shape index (κ1) is 19.2. The summed E-state index contributed by atoms with van der Waals surface area (Å²) < 4.78 is 24.4. The third-order valence-electron chi connectivity index (χ3n) is 4.27. The standard InChI is InChI=1S/C18H29N2O3P/c1-6-22-24(21,23-7-2)17-10-8-9-16-18(17)15(13-19-16)11-12-20(5)14(3)4/h8-10,13-14,19H,6-7,11-12H2,1-5H3. The second-order valence-corrected chi connectivity index (χ2v) is 8.16. The van der Waals surface area contributed by atoms with Crippen LogP contribution in [0.4, 0.5) is 0 Å². The molecule has 0 radical (unpaired) electrons. The molecule has 1 aromatic carbocycles. The molecule has 24 heavy (non-hydrogen) atoms. The van der Waals surface area contributed by atoms with Crippen molar-refractivity contribution in [2.75, 3.05) is 26.8 Å². The molecule has 0 aliphatic heterocycles. The number of nitrogens with one attached hydrogen (secondary N) is 1. The van der Waals surface area contributed by atoms with Crippen molar-refractivity contribution >= 4 is 23.8 Å². The number of benzene rings is 1. The van der Waals surface area contributed by atoms with E-state index in [-0.39, 0.29) is 0 Å². The van der Waals surface area contributed by atoms with Crippen LogP contribution < -0.4 is 5.30 Å². The summed E-state index contributed by atoms with van der Waals surface area (Å²) in [6.45, 7) is 9.67.